The molecule has 4 aromatic rings. The molecule has 3 aromatic carbocycles. The Morgan fingerprint density at radius 1 is 1.00 bits per heavy atom. The number of benzene rings is 3. The Balaban J connectivity index is 1.42. The maximum Gasteiger partial charge on any atom is 0.310 e. The van der Waals surface area contributed by atoms with Crippen LogP contribution in [0.4, 0.5) is 5.69 Å². The van der Waals surface area contributed by atoms with Crippen molar-refractivity contribution in [2.75, 3.05) is 11.9 Å². The maximum absolute atomic E-state index is 12.2. The number of rotatable bonds is 5. The molecule has 0 bridgehead atoms. The molecule has 0 spiro atoms. The topological polar surface area (TPSA) is 68.5 Å². The van der Waals surface area contributed by atoms with Gasteiger partial charge in [-0.2, -0.15) is 0 Å². The van der Waals surface area contributed by atoms with E-state index in [1.54, 1.807) is 30.5 Å². The van der Waals surface area contributed by atoms with Gasteiger partial charge in [0, 0.05) is 21.7 Å². The predicted octanol–water partition coefficient (Wildman–Crippen LogP) is 4.96. The van der Waals surface area contributed by atoms with Gasteiger partial charge >= 0.3 is 5.97 Å². The fourth-order valence-corrected chi connectivity index (χ4v) is 3.21. The van der Waals surface area contributed by atoms with Crippen LogP contribution in [-0.2, 0) is 20.7 Å². The van der Waals surface area contributed by atoms with Crippen molar-refractivity contribution in [2.45, 2.75) is 6.42 Å². The Morgan fingerprint density at radius 2 is 1.79 bits per heavy atom. The Kier molecular flexibility index (Phi) is 5.00. The molecule has 140 valence electrons. The molecular formula is C22H16ClNO4. The van der Waals surface area contributed by atoms with E-state index in [4.69, 9.17) is 20.8 Å². The summed E-state index contributed by atoms with van der Waals surface area (Å²) in [5, 5.41) is 6.18. The second kappa shape index (κ2) is 7.74. The molecule has 1 heterocycles. The van der Waals surface area contributed by atoms with E-state index in [1.165, 1.54) is 0 Å². The van der Waals surface area contributed by atoms with Gasteiger partial charge in [0.15, 0.2) is 6.61 Å². The van der Waals surface area contributed by atoms with Crippen LogP contribution in [0, 0.1) is 0 Å². The molecule has 0 saturated carbocycles. The summed E-state index contributed by atoms with van der Waals surface area (Å²) in [6.45, 7) is -0.363. The summed E-state index contributed by atoms with van der Waals surface area (Å²) in [7, 11) is 0. The monoisotopic (exact) mass is 393 g/mol. The Hall–Kier alpha value is -3.31. The molecule has 1 aromatic heterocycles. The summed E-state index contributed by atoms with van der Waals surface area (Å²) in [6.07, 6.45) is 1.58. The van der Waals surface area contributed by atoms with Crippen LogP contribution in [0.3, 0.4) is 0 Å². The molecule has 1 N–H and O–H groups in total. The number of anilines is 1. The second-order valence-corrected chi connectivity index (χ2v) is 6.75. The van der Waals surface area contributed by atoms with Gasteiger partial charge in [-0.3, -0.25) is 9.59 Å². The SMILES string of the molecule is O=C(COC(=O)Cc1coc2ccc3ccccc3c12)Nc1ccc(Cl)cc1. The molecule has 5 nitrogen and oxygen atoms in total. The third-order valence-corrected chi connectivity index (χ3v) is 4.62. The lowest BCUT2D eigenvalue weighted by Gasteiger charge is -2.07. The molecule has 0 aliphatic heterocycles. The van der Waals surface area contributed by atoms with E-state index in [9.17, 15) is 9.59 Å². The molecule has 6 heteroatoms. The van der Waals surface area contributed by atoms with Crippen LogP contribution in [0.2, 0.25) is 5.02 Å². The number of amides is 1. The first-order valence-electron chi connectivity index (χ1n) is 8.69. The first kappa shape index (κ1) is 18.1. The highest BCUT2D eigenvalue weighted by molar-refractivity contribution is 6.30. The van der Waals surface area contributed by atoms with E-state index in [2.05, 4.69) is 5.32 Å². The van der Waals surface area contributed by atoms with E-state index in [1.807, 2.05) is 36.4 Å². The number of ether oxygens (including phenoxy) is 1. The number of esters is 1. The molecular weight excluding hydrogens is 378 g/mol. The zero-order valence-corrected chi connectivity index (χ0v) is 15.5. The zero-order chi connectivity index (χ0) is 19.5. The normalized spacial score (nSPS) is 10.9. The molecule has 0 unspecified atom stereocenters. The third kappa shape index (κ3) is 3.85. The van der Waals surface area contributed by atoms with Crippen molar-refractivity contribution in [3.8, 4) is 0 Å². The van der Waals surface area contributed by atoms with Gasteiger partial charge in [0.2, 0.25) is 0 Å². The van der Waals surface area contributed by atoms with Crippen LogP contribution in [0.25, 0.3) is 21.7 Å². The minimum Gasteiger partial charge on any atom is -0.464 e. The largest absolute Gasteiger partial charge is 0.464 e. The zero-order valence-electron chi connectivity index (χ0n) is 14.8. The smallest absolute Gasteiger partial charge is 0.310 e. The first-order chi connectivity index (χ1) is 13.6. The number of halogens is 1. The Morgan fingerprint density at radius 3 is 2.61 bits per heavy atom. The molecule has 1 amide bonds. The summed E-state index contributed by atoms with van der Waals surface area (Å²) in [4.78, 5) is 24.2. The molecule has 4 rings (SSSR count). The number of carbonyl (C=O) groups excluding carboxylic acids is 2. The van der Waals surface area contributed by atoms with E-state index in [-0.39, 0.29) is 13.0 Å². The van der Waals surface area contributed by atoms with E-state index in [0.29, 0.717) is 16.3 Å². The van der Waals surface area contributed by atoms with Gasteiger partial charge in [0.1, 0.15) is 5.58 Å². The highest BCUT2D eigenvalue weighted by Gasteiger charge is 2.15. The summed E-state index contributed by atoms with van der Waals surface area (Å²) in [5.74, 6) is -0.917. The first-order valence-corrected chi connectivity index (χ1v) is 9.07. The summed E-state index contributed by atoms with van der Waals surface area (Å²) < 4.78 is 10.7. The van der Waals surface area contributed by atoms with Gasteiger partial charge in [0.25, 0.3) is 5.91 Å². The van der Waals surface area contributed by atoms with E-state index in [0.717, 1.165) is 21.7 Å². The minimum absolute atomic E-state index is 0.0230. The van der Waals surface area contributed by atoms with E-state index < -0.39 is 11.9 Å². The third-order valence-electron chi connectivity index (χ3n) is 4.37. The van der Waals surface area contributed by atoms with E-state index >= 15 is 0 Å². The highest BCUT2D eigenvalue weighted by Crippen LogP contribution is 2.30. The number of furan rings is 1. The Bertz CT molecular complexity index is 1160. The van der Waals surface area contributed by atoms with Crippen LogP contribution in [0.5, 0.6) is 0 Å². The summed E-state index contributed by atoms with van der Waals surface area (Å²) in [5.41, 5.74) is 2.02. The number of carbonyl (C=O) groups is 2. The van der Waals surface area contributed by atoms with Crippen LogP contribution in [-0.4, -0.2) is 18.5 Å². The fourth-order valence-electron chi connectivity index (χ4n) is 3.09. The number of hydrogen-bond acceptors (Lipinski definition) is 4. The number of hydrogen-bond donors (Lipinski definition) is 1. The average molecular weight is 394 g/mol. The maximum atomic E-state index is 12.2. The minimum atomic E-state index is -0.498. The lowest BCUT2D eigenvalue weighted by Crippen LogP contribution is -2.21. The summed E-state index contributed by atoms with van der Waals surface area (Å²) >= 11 is 5.81. The Labute approximate surface area is 165 Å². The van der Waals surface area contributed by atoms with Gasteiger partial charge in [-0.15, -0.1) is 0 Å². The van der Waals surface area contributed by atoms with Crippen molar-refractivity contribution in [1.29, 1.82) is 0 Å². The molecule has 28 heavy (non-hydrogen) atoms. The molecule has 0 aliphatic rings. The molecule has 0 aliphatic carbocycles. The average Bonchev–Trinajstić information content (AvgIpc) is 3.11. The van der Waals surface area contributed by atoms with Crippen molar-refractivity contribution in [3.05, 3.63) is 77.5 Å². The van der Waals surface area contributed by atoms with Crippen LogP contribution in [0.15, 0.2) is 71.3 Å². The van der Waals surface area contributed by atoms with Gasteiger partial charge in [-0.05, 0) is 41.1 Å². The standard InChI is InChI=1S/C22H16ClNO4/c23-16-6-8-17(9-7-16)24-20(25)13-28-21(26)11-15-12-27-19-10-5-14-3-1-2-4-18(14)22(15)19/h1-10,12H,11,13H2,(H,24,25). The highest BCUT2D eigenvalue weighted by atomic mass is 35.5. The molecule has 0 radical (unpaired) electrons. The molecule has 0 saturated heterocycles. The van der Waals surface area contributed by atoms with Gasteiger partial charge in [0.05, 0.1) is 12.7 Å². The number of fused-ring (bicyclic) bond motifs is 3. The lowest BCUT2D eigenvalue weighted by molar-refractivity contribution is -0.146. The summed E-state index contributed by atoms with van der Waals surface area (Å²) in [6, 6.07) is 18.4. The fraction of sp³-hybridized carbons (Fsp3) is 0.0909. The van der Waals surface area contributed by atoms with Crippen LogP contribution >= 0.6 is 11.6 Å². The van der Waals surface area contributed by atoms with Crippen molar-refractivity contribution in [1.82, 2.24) is 0 Å². The van der Waals surface area contributed by atoms with Gasteiger partial charge in [-0.1, -0.05) is 41.9 Å². The van der Waals surface area contributed by atoms with Crippen LogP contribution < -0.4 is 5.32 Å². The molecule has 0 fully saturated rings. The van der Waals surface area contributed by atoms with Crippen LogP contribution in [0.1, 0.15) is 5.56 Å². The number of nitrogens with one attached hydrogen (secondary N) is 1. The van der Waals surface area contributed by atoms with Gasteiger partial charge in [-0.25, -0.2) is 0 Å². The van der Waals surface area contributed by atoms with Crippen molar-refractivity contribution in [2.24, 2.45) is 0 Å². The predicted molar refractivity (Wildman–Crippen MR) is 108 cm³/mol. The van der Waals surface area contributed by atoms with Gasteiger partial charge < -0.3 is 14.5 Å². The van der Waals surface area contributed by atoms with Crippen molar-refractivity contribution < 1.29 is 18.7 Å². The second-order valence-electron chi connectivity index (χ2n) is 6.31. The van der Waals surface area contributed by atoms with Crippen molar-refractivity contribution in [3.63, 3.8) is 0 Å². The van der Waals surface area contributed by atoms with Crippen molar-refractivity contribution >= 4 is 50.9 Å². The quantitative estimate of drug-likeness (QED) is 0.486. The molecule has 0 atom stereocenters. The lowest BCUT2D eigenvalue weighted by atomic mass is 10.0.